The van der Waals surface area contributed by atoms with Crippen LogP contribution in [-0.2, 0) is 0 Å². The highest BCUT2D eigenvalue weighted by atomic mass is 79.9. The first-order valence-corrected chi connectivity index (χ1v) is 6.85. The lowest BCUT2D eigenvalue weighted by molar-refractivity contribution is 0.411. The van der Waals surface area contributed by atoms with Crippen molar-refractivity contribution in [2.45, 2.75) is 19.9 Å². The molecule has 2 rings (SSSR count). The number of nitrogens with zero attached hydrogens (tertiary/aromatic N) is 1. The minimum absolute atomic E-state index is 0.250. The average Bonchev–Trinajstić information content (AvgIpc) is 2.40. The van der Waals surface area contributed by atoms with Crippen LogP contribution in [0, 0.1) is 13.8 Å². The molecule has 0 saturated heterocycles. The van der Waals surface area contributed by atoms with Crippen LogP contribution in [0.4, 0.5) is 0 Å². The Morgan fingerprint density at radius 1 is 1.26 bits per heavy atom. The second-order valence-electron chi connectivity index (χ2n) is 4.53. The van der Waals surface area contributed by atoms with E-state index >= 15 is 0 Å². The van der Waals surface area contributed by atoms with Gasteiger partial charge in [-0.2, -0.15) is 0 Å². The van der Waals surface area contributed by atoms with E-state index in [4.69, 9.17) is 10.5 Å². The topological polar surface area (TPSA) is 48.1 Å². The van der Waals surface area contributed by atoms with Gasteiger partial charge in [0.1, 0.15) is 5.75 Å². The zero-order valence-electron chi connectivity index (χ0n) is 11.3. The van der Waals surface area contributed by atoms with Gasteiger partial charge in [0.25, 0.3) is 0 Å². The van der Waals surface area contributed by atoms with Gasteiger partial charge in [-0.25, -0.2) is 0 Å². The Bertz CT molecular complexity index is 599. The van der Waals surface area contributed by atoms with Crippen LogP contribution in [0.25, 0.3) is 0 Å². The molecule has 1 aromatic heterocycles. The quantitative estimate of drug-likeness (QED) is 0.941. The third kappa shape index (κ3) is 2.80. The van der Waals surface area contributed by atoms with Crippen LogP contribution in [0.5, 0.6) is 5.75 Å². The summed E-state index contributed by atoms with van der Waals surface area (Å²) in [6.45, 7) is 4.05. The highest BCUT2D eigenvalue weighted by Crippen LogP contribution is 2.30. The molecule has 1 aromatic carbocycles. The van der Waals surface area contributed by atoms with Crippen LogP contribution in [0.15, 0.2) is 34.9 Å². The molecule has 1 heterocycles. The minimum Gasteiger partial charge on any atom is -0.496 e. The molecule has 0 fully saturated rings. The molecule has 0 bridgehead atoms. The lowest BCUT2D eigenvalue weighted by Gasteiger charge is -2.18. The number of hydrogen-bond donors (Lipinski definition) is 1. The van der Waals surface area contributed by atoms with Gasteiger partial charge in [-0.3, -0.25) is 4.98 Å². The molecule has 0 amide bonds. The Morgan fingerprint density at radius 3 is 2.63 bits per heavy atom. The van der Waals surface area contributed by atoms with Gasteiger partial charge in [-0.1, -0.05) is 6.07 Å². The maximum absolute atomic E-state index is 6.35. The molecular formula is C15H17BrN2O. The van der Waals surface area contributed by atoms with Gasteiger partial charge in [0.15, 0.2) is 0 Å². The Hall–Kier alpha value is -1.39. The van der Waals surface area contributed by atoms with Gasteiger partial charge in [0, 0.05) is 10.7 Å². The Morgan fingerprint density at radius 2 is 2.00 bits per heavy atom. The number of pyridine rings is 1. The summed E-state index contributed by atoms with van der Waals surface area (Å²) in [5.41, 5.74) is 10.4. The first kappa shape index (κ1) is 14.0. The molecule has 100 valence electrons. The molecule has 0 spiro atoms. The molecule has 2 aromatic rings. The third-order valence-electron chi connectivity index (χ3n) is 3.20. The molecule has 2 N–H and O–H groups in total. The second kappa shape index (κ2) is 5.72. The van der Waals surface area contributed by atoms with Gasteiger partial charge in [-0.05, 0) is 64.7 Å². The lowest BCUT2D eigenvalue weighted by atomic mass is 9.96. The standard InChI is InChI=1S/C15H17BrN2O/c1-9-8-13(19-3)10(2)7-11(9)14(17)15-12(16)5-4-6-18-15/h4-8,14H,17H2,1-3H3. The van der Waals surface area contributed by atoms with E-state index in [1.165, 1.54) is 0 Å². The highest BCUT2D eigenvalue weighted by Gasteiger charge is 2.17. The van der Waals surface area contributed by atoms with E-state index in [0.29, 0.717) is 0 Å². The summed E-state index contributed by atoms with van der Waals surface area (Å²) in [7, 11) is 1.68. The molecular weight excluding hydrogens is 304 g/mol. The van der Waals surface area contributed by atoms with Crippen LogP contribution >= 0.6 is 15.9 Å². The fourth-order valence-electron chi connectivity index (χ4n) is 2.14. The van der Waals surface area contributed by atoms with E-state index in [-0.39, 0.29) is 6.04 Å². The van der Waals surface area contributed by atoms with Crippen LogP contribution in [0.1, 0.15) is 28.4 Å². The molecule has 1 atom stereocenters. The number of ether oxygens (including phenoxy) is 1. The maximum atomic E-state index is 6.35. The largest absolute Gasteiger partial charge is 0.496 e. The molecule has 0 aliphatic carbocycles. The van der Waals surface area contributed by atoms with E-state index < -0.39 is 0 Å². The van der Waals surface area contributed by atoms with Crippen molar-refractivity contribution in [3.63, 3.8) is 0 Å². The van der Waals surface area contributed by atoms with Crippen molar-refractivity contribution < 1.29 is 4.74 Å². The van der Waals surface area contributed by atoms with Crippen LogP contribution in [0.3, 0.4) is 0 Å². The summed E-state index contributed by atoms with van der Waals surface area (Å²) >= 11 is 3.50. The van der Waals surface area contributed by atoms with Crippen molar-refractivity contribution >= 4 is 15.9 Å². The summed E-state index contributed by atoms with van der Waals surface area (Å²) in [4.78, 5) is 4.36. The molecule has 0 aliphatic heterocycles. The fourth-order valence-corrected chi connectivity index (χ4v) is 2.64. The summed E-state index contributed by atoms with van der Waals surface area (Å²) in [6.07, 6.45) is 1.76. The number of hydrogen-bond acceptors (Lipinski definition) is 3. The van der Waals surface area contributed by atoms with Crippen molar-refractivity contribution in [2.24, 2.45) is 5.73 Å². The first-order valence-electron chi connectivity index (χ1n) is 6.05. The minimum atomic E-state index is -0.250. The number of benzene rings is 1. The van der Waals surface area contributed by atoms with Gasteiger partial charge in [0.2, 0.25) is 0 Å². The van der Waals surface area contributed by atoms with Crippen LogP contribution in [0.2, 0.25) is 0 Å². The smallest absolute Gasteiger partial charge is 0.122 e. The molecule has 0 saturated carbocycles. The Balaban J connectivity index is 2.48. The average molecular weight is 321 g/mol. The number of rotatable bonds is 3. The molecule has 0 radical (unpaired) electrons. The predicted octanol–water partition coefficient (Wildman–Crippen LogP) is 3.52. The normalized spacial score (nSPS) is 12.3. The van der Waals surface area contributed by atoms with Gasteiger partial charge in [0.05, 0.1) is 18.8 Å². The lowest BCUT2D eigenvalue weighted by Crippen LogP contribution is -2.15. The molecule has 3 nitrogen and oxygen atoms in total. The zero-order valence-corrected chi connectivity index (χ0v) is 12.9. The SMILES string of the molecule is COc1cc(C)c(C(N)c2ncccc2Br)cc1C. The summed E-state index contributed by atoms with van der Waals surface area (Å²) in [5, 5.41) is 0. The maximum Gasteiger partial charge on any atom is 0.122 e. The summed E-state index contributed by atoms with van der Waals surface area (Å²) in [5.74, 6) is 0.883. The zero-order chi connectivity index (χ0) is 14.0. The number of aromatic nitrogens is 1. The van der Waals surface area contributed by atoms with Gasteiger partial charge < -0.3 is 10.5 Å². The fraction of sp³-hybridized carbons (Fsp3) is 0.267. The molecule has 19 heavy (non-hydrogen) atoms. The Kier molecular flexibility index (Phi) is 4.22. The number of nitrogens with two attached hydrogens (primary N) is 1. The van der Waals surface area contributed by atoms with Crippen molar-refractivity contribution in [3.8, 4) is 5.75 Å². The highest BCUT2D eigenvalue weighted by molar-refractivity contribution is 9.10. The van der Waals surface area contributed by atoms with Crippen molar-refractivity contribution in [1.82, 2.24) is 4.98 Å². The summed E-state index contributed by atoms with van der Waals surface area (Å²) in [6, 6.07) is 7.67. The van der Waals surface area contributed by atoms with Crippen molar-refractivity contribution in [1.29, 1.82) is 0 Å². The van der Waals surface area contributed by atoms with Crippen LogP contribution in [-0.4, -0.2) is 12.1 Å². The molecule has 1 unspecified atom stereocenters. The van der Waals surface area contributed by atoms with Crippen molar-refractivity contribution in [3.05, 3.63) is 57.3 Å². The molecule has 0 aliphatic rings. The monoisotopic (exact) mass is 320 g/mol. The van der Waals surface area contributed by atoms with Crippen LogP contribution < -0.4 is 10.5 Å². The number of methoxy groups -OCH3 is 1. The number of halogens is 1. The van der Waals surface area contributed by atoms with E-state index in [1.807, 2.05) is 32.0 Å². The van der Waals surface area contributed by atoms with Crippen molar-refractivity contribution in [2.75, 3.05) is 7.11 Å². The van der Waals surface area contributed by atoms with E-state index in [9.17, 15) is 0 Å². The van der Waals surface area contributed by atoms with Gasteiger partial charge in [-0.15, -0.1) is 0 Å². The van der Waals surface area contributed by atoms with E-state index in [0.717, 1.165) is 32.6 Å². The predicted molar refractivity (Wildman–Crippen MR) is 80.4 cm³/mol. The first-order chi connectivity index (χ1) is 9.04. The van der Waals surface area contributed by atoms with E-state index in [1.54, 1.807) is 13.3 Å². The van der Waals surface area contributed by atoms with E-state index in [2.05, 4.69) is 27.0 Å². The molecule has 4 heteroatoms. The van der Waals surface area contributed by atoms with Gasteiger partial charge >= 0.3 is 0 Å². The summed E-state index contributed by atoms with van der Waals surface area (Å²) < 4.78 is 6.25. The number of aryl methyl sites for hydroxylation is 2. The third-order valence-corrected chi connectivity index (χ3v) is 3.87. The Labute approximate surface area is 121 Å². The second-order valence-corrected chi connectivity index (χ2v) is 5.38.